The molecule has 2 amide bonds. The molecule has 3 N–H and O–H groups in total. The van der Waals surface area contributed by atoms with Crippen LogP contribution in [0.25, 0.3) is 0 Å². The van der Waals surface area contributed by atoms with E-state index in [0.29, 0.717) is 12.1 Å². The minimum atomic E-state index is -1.01. The Morgan fingerprint density at radius 1 is 1.00 bits per heavy atom. The third-order valence-electron chi connectivity index (χ3n) is 4.35. The number of hydrogen-bond donors (Lipinski definition) is 3. The molecule has 0 fully saturated rings. The van der Waals surface area contributed by atoms with E-state index in [-0.39, 0.29) is 29.9 Å². The van der Waals surface area contributed by atoms with Crippen LogP contribution in [0, 0.1) is 13.8 Å². The molecule has 29 heavy (non-hydrogen) atoms. The molecular weight excluding hydrogens is 388 g/mol. The Morgan fingerprint density at radius 3 is 2.28 bits per heavy atom. The van der Waals surface area contributed by atoms with Gasteiger partial charge in [0, 0.05) is 22.7 Å². The van der Waals surface area contributed by atoms with Crippen molar-refractivity contribution in [2.45, 2.75) is 50.2 Å². The van der Waals surface area contributed by atoms with Crippen molar-refractivity contribution in [3.05, 3.63) is 53.6 Å². The van der Waals surface area contributed by atoms with Crippen molar-refractivity contribution in [2.24, 2.45) is 0 Å². The van der Waals surface area contributed by atoms with Crippen molar-refractivity contribution in [3.63, 3.8) is 0 Å². The maximum absolute atomic E-state index is 12.8. The number of carbonyl (C=O) groups is 3. The Labute approximate surface area is 175 Å². The van der Waals surface area contributed by atoms with Gasteiger partial charge in [0.1, 0.15) is 0 Å². The quantitative estimate of drug-likeness (QED) is 0.521. The average molecular weight is 415 g/mol. The number of aliphatic carboxylic acids is 1. The molecule has 2 rings (SSSR count). The Hall–Kier alpha value is -2.80. The number of anilines is 2. The summed E-state index contributed by atoms with van der Waals surface area (Å²) in [5.74, 6) is -1.43. The average Bonchev–Trinajstić information content (AvgIpc) is 2.67. The molecule has 0 heterocycles. The van der Waals surface area contributed by atoms with Crippen molar-refractivity contribution in [1.82, 2.24) is 0 Å². The molecule has 0 aliphatic rings. The maximum Gasteiger partial charge on any atom is 0.303 e. The van der Waals surface area contributed by atoms with Crippen LogP contribution in [-0.4, -0.2) is 28.1 Å². The zero-order valence-corrected chi connectivity index (χ0v) is 17.6. The molecule has 154 valence electrons. The van der Waals surface area contributed by atoms with E-state index in [0.717, 1.165) is 21.7 Å². The van der Waals surface area contributed by atoms with Crippen LogP contribution in [0.15, 0.2) is 47.4 Å². The second kappa shape index (κ2) is 10.7. The van der Waals surface area contributed by atoms with Gasteiger partial charge in [-0.05, 0) is 49.6 Å². The van der Waals surface area contributed by atoms with Crippen LogP contribution in [-0.2, 0) is 14.4 Å². The van der Waals surface area contributed by atoms with Gasteiger partial charge in [-0.15, -0.1) is 11.8 Å². The highest BCUT2D eigenvalue weighted by atomic mass is 32.2. The molecule has 2 aromatic carbocycles. The van der Waals surface area contributed by atoms with Gasteiger partial charge in [-0.3, -0.25) is 14.4 Å². The molecule has 0 aliphatic heterocycles. The van der Waals surface area contributed by atoms with E-state index in [1.165, 1.54) is 11.8 Å². The number of rotatable bonds is 9. The summed E-state index contributed by atoms with van der Waals surface area (Å²) in [6.07, 6.45) is 0.357. The summed E-state index contributed by atoms with van der Waals surface area (Å²) in [7, 11) is 0. The largest absolute Gasteiger partial charge is 0.481 e. The van der Waals surface area contributed by atoms with Gasteiger partial charge in [0.15, 0.2) is 0 Å². The van der Waals surface area contributed by atoms with E-state index in [1.54, 1.807) is 18.2 Å². The molecule has 0 saturated heterocycles. The number of hydrogen-bond acceptors (Lipinski definition) is 4. The van der Waals surface area contributed by atoms with Crippen LogP contribution < -0.4 is 10.6 Å². The SMILES string of the molecule is CCC(Sc1cccc(NC(=O)CCC(=O)O)c1)C(=O)Nc1c(C)cccc1C. The summed E-state index contributed by atoms with van der Waals surface area (Å²) >= 11 is 1.43. The fourth-order valence-electron chi connectivity index (χ4n) is 2.79. The van der Waals surface area contributed by atoms with Gasteiger partial charge in [0.05, 0.1) is 11.7 Å². The summed E-state index contributed by atoms with van der Waals surface area (Å²) in [5.41, 5.74) is 3.46. The molecule has 0 aliphatic carbocycles. The zero-order chi connectivity index (χ0) is 21.4. The van der Waals surface area contributed by atoms with Crippen LogP contribution in [0.3, 0.4) is 0 Å². The summed E-state index contributed by atoms with van der Waals surface area (Å²) in [6.45, 7) is 5.89. The number of nitrogens with one attached hydrogen (secondary N) is 2. The second-order valence-electron chi connectivity index (χ2n) is 6.74. The van der Waals surface area contributed by atoms with Crippen LogP contribution in [0.4, 0.5) is 11.4 Å². The van der Waals surface area contributed by atoms with Gasteiger partial charge in [0.25, 0.3) is 0 Å². The molecular formula is C22H26N2O4S. The number of aryl methyl sites for hydroxylation is 2. The lowest BCUT2D eigenvalue weighted by Gasteiger charge is -2.17. The molecule has 0 spiro atoms. The Balaban J connectivity index is 2.04. The number of thioether (sulfide) groups is 1. The summed E-state index contributed by atoms with van der Waals surface area (Å²) in [5, 5.41) is 14.1. The predicted octanol–water partition coefficient (Wildman–Crippen LogP) is 4.62. The molecule has 6 nitrogen and oxygen atoms in total. The summed E-state index contributed by atoms with van der Waals surface area (Å²) in [6, 6.07) is 13.1. The normalized spacial score (nSPS) is 11.6. The molecule has 0 radical (unpaired) electrons. The van der Waals surface area contributed by atoms with Crippen LogP contribution in [0.5, 0.6) is 0 Å². The standard InChI is InChI=1S/C22H26N2O4S/c1-4-18(22(28)24-21-14(2)7-5-8-15(21)3)29-17-10-6-9-16(13-17)23-19(25)11-12-20(26)27/h5-10,13,18H,4,11-12H2,1-3H3,(H,23,25)(H,24,28)(H,26,27). The predicted molar refractivity (Wildman–Crippen MR) is 116 cm³/mol. The highest BCUT2D eigenvalue weighted by Crippen LogP contribution is 2.29. The minimum Gasteiger partial charge on any atom is -0.481 e. The Morgan fingerprint density at radius 2 is 1.66 bits per heavy atom. The topological polar surface area (TPSA) is 95.5 Å². The smallest absolute Gasteiger partial charge is 0.303 e. The summed E-state index contributed by atoms with van der Waals surface area (Å²) < 4.78 is 0. The first-order valence-corrected chi connectivity index (χ1v) is 10.3. The van der Waals surface area contributed by atoms with E-state index in [2.05, 4.69) is 10.6 Å². The van der Waals surface area contributed by atoms with E-state index < -0.39 is 5.97 Å². The number of benzene rings is 2. The van der Waals surface area contributed by atoms with Gasteiger partial charge in [-0.2, -0.15) is 0 Å². The number of carboxylic acid groups (broad SMARTS) is 1. The second-order valence-corrected chi connectivity index (χ2v) is 8.02. The van der Waals surface area contributed by atoms with E-state index >= 15 is 0 Å². The van der Waals surface area contributed by atoms with Gasteiger partial charge in [-0.25, -0.2) is 0 Å². The van der Waals surface area contributed by atoms with Crippen molar-refractivity contribution in [2.75, 3.05) is 10.6 Å². The summed E-state index contributed by atoms with van der Waals surface area (Å²) in [4.78, 5) is 36.1. The lowest BCUT2D eigenvalue weighted by atomic mass is 10.1. The lowest BCUT2D eigenvalue weighted by molar-refractivity contribution is -0.138. The van der Waals surface area contributed by atoms with Crippen molar-refractivity contribution in [3.8, 4) is 0 Å². The number of para-hydroxylation sites is 1. The fraction of sp³-hybridized carbons (Fsp3) is 0.318. The zero-order valence-electron chi connectivity index (χ0n) is 16.8. The molecule has 1 atom stereocenters. The third-order valence-corrected chi connectivity index (χ3v) is 5.71. The Kier molecular flexibility index (Phi) is 8.27. The monoisotopic (exact) mass is 414 g/mol. The lowest BCUT2D eigenvalue weighted by Crippen LogP contribution is -2.25. The van der Waals surface area contributed by atoms with Crippen LogP contribution >= 0.6 is 11.8 Å². The highest BCUT2D eigenvalue weighted by molar-refractivity contribution is 8.00. The van der Waals surface area contributed by atoms with Gasteiger partial charge in [-0.1, -0.05) is 31.2 Å². The van der Waals surface area contributed by atoms with Gasteiger partial charge >= 0.3 is 5.97 Å². The molecule has 7 heteroatoms. The molecule has 1 unspecified atom stereocenters. The van der Waals surface area contributed by atoms with E-state index in [9.17, 15) is 14.4 Å². The number of amides is 2. The first-order chi connectivity index (χ1) is 13.8. The van der Waals surface area contributed by atoms with Crippen molar-refractivity contribution in [1.29, 1.82) is 0 Å². The van der Waals surface area contributed by atoms with Crippen LogP contribution in [0.2, 0.25) is 0 Å². The van der Waals surface area contributed by atoms with Gasteiger partial charge in [0.2, 0.25) is 11.8 Å². The van der Waals surface area contributed by atoms with Crippen LogP contribution in [0.1, 0.15) is 37.3 Å². The van der Waals surface area contributed by atoms with E-state index in [4.69, 9.17) is 5.11 Å². The number of carboxylic acids is 1. The molecule has 0 saturated carbocycles. The first kappa shape index (κ1) is 22.5. The minimum absolute atomic E-state index is 0.0641. The van der Waals surface area contributed by atoms with Crippen molar-refractivity contribution >= 4 is 40.9 Å². The molecule has 0 bridgehead atoms. The third kappa shape index (κ3) is 6.94. The highest BCUT2D eigenvalue weighted by Gasteiger charge is 2.19. The molecule has 2 aromatic rings. The van der Waals surface area contributed by atoms with E-state index in [1.807, 2.05) is 45.0 Å². The number of carbonyl (C=O) groups excluding carboxylic acids is 2. The maximum atomic E-state index is 12.8. The fourth-order valence-corrected chi connectivity index (χ4v) is 3.81. The van der Waals surface area contributed by atoms with Gasteiger partial charge < -0.3 is 15.7 Å². The Bertz CT molecular complexity index is 878. The van der Waals surface area contributed by atoms with Crippen molar-refractivity contribution < 1.29 is 19.5 Å². The molecule has 0 aromatic heterocycles. The first-order valence-electron chi connectivity index (χ1n) is 9.45.